The van der Waals surface area contributed by atoms with Crippen LogP contribution in [0.3, 0.4) is 0 Å². The SMILES string of the molecule is COc1cc(OC)c(Cl)c(-c2cc3cnc(C)cc3c(NC3CCOC3)n2)c1Cl. The number of halogens is 2. The molecule has 0 aliphatic carbocycles. The molecule has 2 aromatic heterocycles. The lowest BCUT2D eigenvalue weighted by Gasteiger charge is -2.18. The molecular formula is C21H21Cl2N3O3. The van der Waals surface area contributed by atoms with Crippen molar-refractivity contribution in [2.24, 2.45) is 0 Å². The third-order valence-electron chi connectivity index (χ3n) is 4.95. The number of aromatic nitrogens is 2. The number of nitrogens with zero attached hydrogens (tertiary/aromatic N) is 2. The van der Waals surface area contributed by atoms with Gasteiger partial charge in [0, 0.05) is 40.9 Å². The largest absolute Gasteiger partial charge is 0.495 e. The summed E-state index contributed by atoms with van der Waals surface area (Å²) in [7, 11) is 3.10. The lowest BCUT2D eigenvalue weighted by molar-refractivity contribution is 0.195. The highest BCUT2D eigenvalue weighted by Gasteiger charge is 2.22. The minimum atomic E-state index is 0.195. The Balaban J connectivity index is 1.94. The maximum absolute atomic E-state index is 6.62. The normalized spacial score (nSPS) is 16.2. The number of nitrogens with one attached hydrogen (secondary N) is 1. The summed E-state index contributed by atoms with van der Waals surface area (Å²) < 4.78 is 16.3. The van der Waals surface area contributed by atoms with Gasteiger partial charge < -0.3 is 19.5 Å². The van der Waals surface area contributed by atoms with Crippen molar-refractivity contribution in [3.05, 3.63) is 40.1 Å². The van der Waals surface area contributed by atoms with Gasteiger partial charge in [0.1, 0.15) is 17.3 Å². The fraction of sp³-hybridized carbons (Fsp3) is 0.333. The van der Waals surface area contributed by atoms with E-state index >= 15 is 0 Å². The molecule has 6 nitrogen and oxygen atoms in total. The van der Waals surface area contributed by atoms with E-state index in [0.29, 0.717) is 39.4 Å². The smallest absolute Gasteiger partial charge is 0.141 e. The molecule has 3 heterocycles. The number of rotatable bonds is 5. The number of fused-ring (bicyclic) bond motifs is 1. The zero-order valence-corrected chi connectivity index (χ0v) is 17.9. The summed E-state index contributed by atoms with van der Waals surface area (Å²) in [5, 5.41) is 6.16. The molecule has 152 valence electrons. The molecule has 0 amide bonds. The van der Waals surface area contributed by atoms with Crippen LogP contribution >= 0.6 is 23.2 Å². The first kappa shape index (κ1) is 20.0. The van der Waals surface area contributed by atoms with Crippen LogP contribution in [0, 0.1) is 6.92 Å². The van der Waals surface area contributed by atoms with Crippen LogP contribution in [0.15, 0.2) is 24.4 Å². The topological polar surface area (TPSA) is 65.5 Å². The Kier molecular flexibility index (Phi) is 5.67. The average molecular weight is 434 g/mol. The lowest BCUT2D eigenvalue weighted by Crippen LogP contribution is -2.20. The second kappa shape index (κ2) is 8.22. The Morgan fingerprint density at radius 2 is 1.83 bits per heavy atom. The van der Waals surface area contributed by atoms with E-state index in [4.69, 9.17) is 42.4 Å². The highest BCUT2D eigenvalue weighted by molar-refractivity contribution is 6.41. The van der Waals surface area contributed by atoms with Gasteiger partial charge in [0.2, 0.25) is 0 Å². The zero-order chi connectivity index (χ0) is 20.5. The van der Waals surface area contributed by atoms with E-state index in [0.717, 1.165) is 35.3 Å². The number of hydrogen-bond donors (Lipinski definition) is 1. The molecular weight excluding hydrogens is 413 g/mol. The summed E-state index contributed by atoms with van der Waals surface area (Å²) in [6, 6.07) is 5.79. The number of aryl methyl sites for hydroxylation is 1. The van der Waals surface area contributed by atoms with Crippen molar-refractivity contribution >= 4 is 39.8 Å². The summed E-state index contributed by atoms with van der Waals surface area (Å²) in [5.74, 6) is 1.67. The van der Waals surface area contributed by atoms with Crippen molar-refractivity contribution in [1.82, 2.24) is 9.97 Å². The lowest BCUT2D eigenvalue weighted by atomic mass is 10.1. The predicted molar refractivity (Wildman–Crippen MR) is 116 cm³/mol. The highest BCUT2D eigenvalue weighted by atomic mass is 35.5. The minimum Gasteiger partial charge on any atom is -0.495 e. The van der Waals surface area contributed by atoms with Gasteiger partial charge >= 0.3 is 0 Å². The number of anilines is 1. The summed E-state index contributed by atoms with van der Waals surface area (Å²) in [6.45, 7) is 3.34. The van der Waals surface area contributed by atoms with E-state index in [2.05, 4.69) is 10.3 Å². The third kappa shape index (κ3) is 3.80. The van der Waals surface area contributed by atoms with Crippen LogP contribution in [0.2, 0.25) is 10.0 Å². The minimum absolute atomic E-state index is 0.195. The second-order valence-corrected chi connectivity index (χ2v) is 7.65. The van der Waals surface area contributed by atoms with Gasteiger partial charge in [-0.25, -0.2) is 4.98 Å². The molecule has 4 rings (SSSR count). The van der Waals surface area contributed by atoms with Crippen LogP contribution in [0.25, 0.3) is 22.0 Å². The van der Waals surface area contributed by atoms with Crippen LogP contribution in [-0.2, 0) is 4.74 Å². The van der Waals surface area contributed by atoms with Gasteiger partial charge in [0.15, 0.2) is 0 Å². The van der Waals surface area contributed by atoms with Crippen molar-refractivity contribution in [2.45, 2.75) is 19.4 Å². The molecule has 3 aromatic rings. The van der Waals surface area contributed by atoms with Crippen LogP contribution in [-0.4, -0.2) is 43.4 Å². The monoisotopic (exact) mass is 433 g/mol. The molecule has 0 saturated carbocycles. The maximum atomic E-state index is 6.62. The molecule has 1 aliphatic heterocycles. The van der Waals surface area contributed by atoms with Crippen LogP contribution in [0.1, 0.15) is 12.1 Å². The molecule has 8 heteroatoms. The Morgan fingerprint density at radius 3 is 2.45 bits per heavy atom. The number of pyridine rings is 2. The van der Waals surface area contributed by atoms with Gasteiger partial charge in [-0.05, 0) is 25.5 Å². The molecule has 0 radical (unpaired) electrons. The number of ether oxygens (including phenoxy) is 3. The van der Waals surface area contributed by atoms with Gasteiger partial charge in [-0.2, -0.15) is 0 Å². The van der Waals surface area contributed by atoms with Gasteiger partial charge in [0.05, 0.1) is 42.6 Å². The van der Waals surface area contributed by atoms with E-state index < -0.39 is 0 Å². The van der Waals surface area contributed by atoms with E-state index in [9.17, 15) is 0 Å². The molecule has 1 aliphatic rings. The van der Waals surface area contributed by atoms with Gasteiger partial charge in [-0.15, -0.1) is 0 Å². The number of methoxy groups -OCH3 is 2. The Hall–Kier alpha value is -2.28. The Labute approximate surface area is 179 Å². The van der Waals surface area contributed by atoms with Crippen molar-refractivity contribution < 1.29 is 14.2 Å². The molecule has 0 bridgehead atoms. The first-order valence-electron chi connectivity index (χ1n) is 9.23. The summed E-state index contributed by atoms with van der Waals surface area (Å²) >= 11 is 13.2. The van der Waals surface area contributed by atoms with Crippen molar-refractivity contribution in [1.29, 1.82) is 0 Å². The highest BCUT2D eigenvalue weighted by Crippen LogP contribution is 2.46. The summed E-state index contributed by atoms with van der Waals surface area (Å²) in [5.41, 5.74) is 2.08. The molecule has 1 fully saturated rings. The van der Waals surface area contributed by atoms with Gasteiger partial charge in [-0.3, -0.25) is 4.98 Å². The molecule has 29 heavy (non-hydrogen) atoms. The van der Waals surface area contributed by atoms with E-state index in [-0.39, 0.29) is 6.04 Å². The fourth-order valence-electron chi connectivity index (χ4n) is 3.44. The Bertz CT molecular complexity index is 1040. The van der Waals surface area contributed by atoms with Crippen LogP contribution < -0.4 is 14.8 Å². The first-order valence-corrected chi connectivity index (χ1v) is 9.99. The molecule has 1 atom stereocenters. The standard InChI is InChI=1S/C21H21Cl2N3O3/c1-11-6-14-12(9-24-11)7-15(26-21(14)25-13-4-5-29-10-13)18-19(22)16(27-2)8-17(28-3)20(18)23/h6-9,13H,4-5,10H2,1-3H3,(H,25,26). The molecule has 1 unspecified atom stereocenters. The first-order chi connectivity index (χ1) is 14.0. The van der Waals surface area contributed by atoms with Crippen LogP contribution in [0.4, 0.5) is 5.82 Å². The maximum Gasteiger partial charge on any atom is 0.141 e. The summed E-state index contributed by atoms with van der Waals surface area (Å²) in [6.07, 6.45) is 2.75. The average Bonchev–Trinajstić information content (AvgIpc) is 3.22. The predicted octanol–water partition coefficient (Wildman–Crippen LogP) is 5.13. The van der Waals surface area contributed by atoms with E-state index in [1.54, 1.807) is 20.3 Å². The van der Waals surface area contributed by atoms with E-state index in [1.165, 1.54) is 0 Å². The van der Waals surface area contributed by atoms with Crippen LogP contribution in [0.5, 0.6) is 11.5 Å². The number of benzene rings is 1. The molecule has 1 saturated heterocycles. The van der Waals surface area contributed by atoms with Gasteiger partial charge in [-0.1, -0.05) is 23.2 Å². The second-order valence-electron chi connectivity index (χ2n) is 6.89. The Morgan fingerprint density at radius 1 is 1.10 bits per heavy atom. The van der Waals surface area contributed by atoms with Crippen molar-refractivity contribution in [3.63, 3.8) is 0 Å². The number of hydrogen-bond acceptors (Lipinski definition) is 6. The summed E-state index contributed by atoms with van der Waals surface area (Å²) in [4.78, 5) is 9.31. The molecule has 1 aromatic carbocycles. The molecule has 0 spiro atoms. The zero-order valence-electron chi connectivity index (χ0n) is 16.4. The molecule has 1 N–H and O–H groups in total. The van der Waals surface area contributed by atoms with Gasteiger partial charge in [0.25, 0.3) is 0 Å². The quantitative estimate of drug-likeness (QED) is 0.601. The van der Waals surface area contributed by atoms with Crippen molar-refractivity contribution in [2.75, 3.05) is 32.8 Å². The van der Waals surface area contributed by atoms with Crippen molar-refractivity contribution in [3.8, 4) is 22.8 Å². The third-order valence-corrected chi connectivity index (χ3v) is 5.70. The fourth-order valence-corrected chi connectivity index (χ4v) is 4.14. The van der Waals surface area contributed by atoms with E-state index in [1.807, 2.05) is 25.3 Å².